The van der Waals surface area contributed by atoms with Crippen LogP contribution in [0.25, 0.3) is 0 Å². The Balaban J connectivity index is 2.77. The van der Waals surface area contributed by atoms with Crippen molar-refractivity contribution in [3.63, 3.8) is 0 Å². The van der Waals surface area contributed by atoms with Gasteiger partial charge in [-0.05, 0) is 18.2 Å². The first-order valence-electron chi connectivity index (χ1n) is 4.93. The predicted octanol–water partition coefficient (Wildman–Crippen LogP) is 0.772. The van der Waals surface area contributed by atoms with Crippen molar-refractivity contribution in [2.45, 2.75) is 19.1 Å². The molecule has 94 valence electrons. The second kappa shape index (κ2) is 5.90. The first-order chi connectivity index (χ1) is 7.91. The number of carbonyl (C=O) groups excluding carboxylic acids is 1. The summed E-state index contributed by atoms with van der Waals surface area (Å²) in [5.41, 5.74) is 0.0293. The van der Waals surface area contributed by atoms with Crippen LogP contribution in [0.1, 0.15) is 18.6 Å². The molecule has 0 aliphatic carbocycles. The Labute approximate surface area is 103 Å². The van der Waals surface area contributed by atoms with Crippen molar-refractivity contribution in [1.82, 2.24) is 0 Å². The maximum Gasteiger partial charge on any atom is 0.185 e. The molecule has 1 aromatic rings. The molecule has 0 aromatic heterocycles. The summed E-state index contributed by atoms with van der Waals surface area (Å²) in [5, 5.41) is 37.9. The number of thioether (sulfide) groups is 1. The van der Waals surface area contributed by atoms with E-state index in [0.29, 0.717) is 0 Å². The lowest BCUT2D eigenvalue weighted by molar-refractivity contribution is -0.109. The fourth-order valence-corrected chi connectivity index (χ4v) is 1.87. The van der Waals surface area contributed by atoms with Gasteiger partial charge in [-0.3, -0.25) is 4.79 Å². The van der Waals surface area contributed by atoms with Crippen LogP contribution in [0.2, 0.25) is 0 Å². The molecule has 0 aliphatic heterocycles. The molecule has 4 N–H and O–H groups in total. The maximum atomic E-state index is 10.7. The molecule has 0 fully saturated rings. The average molecular weight is 258 g/mol. The van der Waals surface area contributed by atoms with Gasteiger partial charge in [0.1, 0.15) is 17.6 Å². The quantitative estimate of drug-likeness (QED) is 0.596. The molecule has 0 amide bonds. The minimum Gasteiger partial charge on any atom is -0.508 e. The van der Waals surface area contributed by atoms with Crippen LogP contribution in [-0.2, 0) is 4.79 Å². The molecule has 0 aliphatic rings. The first-order valence-corrected chi connectivity index (χ1v) is 5.91. The summed E-state index contributed by atoms with van der Waals surface area (Å²) in [6, 6.07) is 3.66. The lowest BCUT2D eigenvalue weighted by atomic mass is 10.0. The number of aliphatic hydroxyl groups excluding tert-OH is 2. The Hall–Kier alpha value is -1.24. The topological polar surface area (TPSA) is 98.0 Å². The third kappa shape index (κ3) is 3.92. The molecule has 17 heavy (non-hydrogen) atoms. The highest BCUT2D eigenvalue weighted by molar-refractivity contribution is 8.13. The SMILES string of the molecule is CC(=O)SCC(O)C(O)c1cc(O)ccc1O. The molecule has 0 bridgehead atoms. The second-order valence-corrected chi connectivity index (χ2v) is 4.75. The molecule has 0 saturated heterocycles. The lowest BCUT2D eigenvalue weighted by Gasteiger charge is -2.18. The molecule has 1 aromatic carbocycles. The van der Waals surface area contributed by atoms with Crippen LogP contribution in [0.15, 0.2) is 18.2 Å². The van der Waals surface area contributed by atoms with Crippen molar-refractivity contribution < 1.29 is 25.2 Å². The van der Waals surface area contributed by atoms with Crippen LogP contribution >= 0.6 is 11.8 Å². The number of hydrogen-bond acceptors (Lipinski definition) is 6. The number of aliphatic hydroxyl groups is 2. The number of phenols is 2. The molecule has 6 heteroatoms. The van der Waals surface area contributed by atoms with E-state index in [-0.39, 0.29) is 27.9 Å². The zero-order valence-electron chi connectivity index (χ0n) is 9.20. The van der Waals surface area contributed by atoms with Crippen molar-refractivity contribution in [2.24, 2.45) is 0 Å². The summed E-state index contributed by atoms with van der Waals surface area (Å²) < 4.78 is 0. The number of phenolic OH excluding ortho intramolecular Hbond substituents is 2. The minimum absolute atomic E-state index is 0.0194. The van der Waals surface area contributed by atoms with Crippen molar-refractivity contribution in [3.8, 4) is 11.5 Å². The zero-order chi connectivity index (χ0) is 13.0. The van der Waals surface area contributed by atoms with E-state index in [1.807, 2.05) is 0 Å². The van der Waals surface area contributed by atoms with Gasteiger partial charge in [-0.25, -0.2) is 0 Å². The summed E-state index contributed by atoms with van der Waals surface area (Å²) in [4.78, 5) is 10.7. The fraction of sp³-hybridized carbons (Fsp3) is 0.364. The number of carbonyl (C=O) groups is 1. The fourth-order valence-electron chi connectivity index (χ4n) is 1.28. The Morgan fingerprint density at radius 3 is 2.59 bits per heavy atom. The monoisotopic (exact) mass is 258 g/mol. The Kier molecular flexibility index (Phi) is 4.80. The van der Waals surface area contributed by atoms with E-state index in [0.717, 1.165) is 11.8 Å². The Morgan fingerprint density at radius 2 is 2.00 bits per heavy atom. The van der Waals surface area contributed by atoms with Crippen molar-refractivity contribution >= 4 is 16.9 Å². The molecule has 1 rings (SSSR count). The average Bonchev–Trinajstić information content (AvgIpc) is 2.28. The molecule has 0 heterocycles. The van der Waals surface area contributed by atoms with E-state index < -0.39 is 12.2 Å². The van der Waals surface area contributed by atoms with Crippen LogP contribution in [-0.4, -0.2) is 37.4 Å². The molecular formula is C11H14O5S. The second-order valence-electron chi connectivity index (χ2n) is 3.56. The summed E-state index contributed by atoms with van der Waals surface area (Å²) >= 11 is 0.879. The number of hydrogen-bond donors (Lipinski definition) is 4. The van der Waals surface area contributed by atoms with Crippen molar-refractivity contribution in [2.75, 3.05) is 5.75 Å². The van der Waals surface area contributed by atoms with E-state index in [1.165, 1.54) is 25.1 Å². The highest BCUT2D eigenvalue weighted by Gasteiger charge is 2.22. The third-order valence-electron chi connectivity index (χ3n) is 2.15. The number of benzene rings is 1. The summed E-state index contributed by atoms with van der Waals surface area (Å²) in [7, 11) is 0. The number of aromatic hydroxyl groups is 2. The first kappa shape index (κ1) is 13.8. The van der Waals surface area contributed by atoms with E-state index >= 15 is 0 Å². The Bertz CT molecular complexity index is 407. The van der Waals surface area contributed by atoms with Gasteiger partial charge >= 0.3 is 0 Å². The smallest absolute Gasteiger partial charge is 0.185 e. The molecule has 5 nitrogen and oxygen atoms in total. The van der Waals surface area contributed by atoms with Crippen LogP contribution in [0.5, 0.6) is 11.5 Å². The normalized spacial score (nSPS) is 14.3. The standard InChI is InChI=1S/C11H14O5S/c1-6(12)17-5-10(15)11(16)8-4-7(13)2-3-9(8)14/h2-4,10-11,13-16H,5H2,1H3. The van der Waals surface area contributed by atoms with Gasteiger partial charge in [-0.15, -0.1) is 0 Å². The molecular weight excluding hydrogens is 244 g/mol. The highest BCUT2D eigenvalue weighted by atomic mass is 32.2. The van der Waals surface area contributed by atoms with Crippen molar-refractivity contribution in [3.05, 3.63) is 23.8 Å². The van der Waals surface area contributed by atoms with E-state index in [9.17, 15) is 25.2 Å². The lowest BCUT2D eigenvalue weighted by Crippen LogP contribution is -2.21. The van der Waals surface area contributed by atoms with Gasteiger partial charge in [0.15, 0.2) is 5.12 Å². The summed E-state index contributed by atoms with van der Waals surface area (Å²) in [6.07, 6.45) is -2.55. The van der Waals surface area contributed by atoms with Gasteiger partial charge in [0.05, 0.1) is 6.10 Å². The zero-order valence-corrected chi connectivity index (χ0v) is 10.0. The number of rotatable bonds is 4. The molecule has 0 radical (unpaired) electrons. The van der Waals surface area contributed by atoms with Gasteiger partial charge in [0.25, 0.3) is 0 Å². The maximum absolute atomic E-state index is 10.7. The summed E-state index contributed by atoms with van der Waals surface area (Å²) in [5.74, 6) is -0.323. The van der Waals surface area contributed by atoms with Crippen LogP contribution in [0.3, 0.4) is 0 Å². The van der Waals surface area contributed by atoms with Gasteiger partial charge in [0, 0.05) is 18.2 Å². The van der Waals surface area contributed by atoms with E-state index in [2.05, 4.69) is 0 Å². The molecule has 2 atom stereocenters. The van der Waals surface area contributed by atoms with Gasteiger partial charge in [-0.1, -0.05) is 11.8 Å². The van der Waals surface area contributed by atoms with Gasteiger partial charge in [-0.2, -0.15) is 0 Å². The highest BCUT2D eigenvalue weighted by Crippen LogP contribution is 2.30. The van der Waals surface area contributed by atoms with Crippen LogP contribution < -0.4 is 0 Å². The van der Waals surface area contributed by atoms with E-state index in [4.69, 9.17) is 0 Å². The van der Waals surface area contributed by atoms with Gasteiger partial charge in [0.2, 0.25) is 0 Å². The molecule has 2 unspecified atom stereocenters. The molecule has 0 spiro atoms. The molecule has 0 saturated carbocycles. The summed E-state index contributed by atoms with van der Waals surface area (Å²) in [6.45, 7) is 1.36. The van der Waals surface area contributed by atoms with Gasteiger partial charge < -0.3 is 20.4 Å². The van der Waals surface area contributed by atoms with Crippen LogP contribution in [0.4, 0.5) is 0 Å². The van der Waals surface area contributed by atoms with Crippen molar-refractivity contribution in [1.29, 1.82) is 0 Å². The third-order valence-corrected chi connectivity index (χ3v) is 3.07. The van der Waals surface area contributed by atoms with Crippen LogP contribution in [0, 0.1) is 0 Å². The van der Waals surface area contributed by atoms with E-state index in [1.54, 1.807) is 0 Å². The Morgan fingerprint density at radius 1 is 1.35 bits per heavy atom. The largest absolute Gasteiger partial charge is 0.508 e. The predicted molar refractivity (Wildman–Crippen MR) is 63.9 cm³/mol. The minimum atomic E-state index is -1.35.